The highest BCUT2D eigenvalue weighted by Crippen LogP contribution is 2.48. The van der Waals surface area contributed by atoms with Gasteiger partial charge in [-0.2, -0.15) is 0 Å². The van der Waals surface area contributed by atoms with E-state index in [4.69, 9.17) is 4.74 Å². The van der Waals surface area contributed by atoms with E-state index in [0.29, 0.717) is 12.3 Å². The maximum Gasteiger partial charge on any atom is 0.306 e. The third kappa shape index (κ3) is 4.07. The third-order valence-electron chi connectivity index (χ3n) is 7.28. The highest BCUT2D eigenvalue weighted by Gasteiger charge is 2.48. The number of ether oxygens (including phenoxy) is 1. The molecule has 28 heavy (non-hydrogen) atoms. The minimum atomic E-state index is 0.0435. The first-order chi connectivity index (χ1) is 13.6. The Bertz CT molecular complexity index is 673. The van der Waals surface area contributed by atoms with E-state index in [2.05, 4.69) is 47.9 Å². The topological polar surface area (TPSA) is 32.8 Å². The summed E-state index contributed by atoms with van der Waals surface area (Å²) in [6.07, 6.45) is 8.04. The van der Waals surface area contributed by atoms with Crippen LogP contribution in [0.2, 0.25) is 0 Å². The molecule has 0 unspecified atom stereocenters. The van der Waals surface area contributed by atoms with Crippen LogP contribution in [0.4, 0.5) is 5.69 Å². The van der Waals surface area contributed by atoms with Gasteiger partial charge in [0.05, 0.1) is 6.42 Å². The van der Waals surface area contributed by atoms with Crippen molar-refractivity contribution in [2.75, 3.05) is 37.6 Å². The molecule has 2 saturated heterocycles. The summed E-state index contributed by atoms with van der Waals surface area (Å²) in [6.45, 7) is 9.97. The quantitative estimate of drug-likeness (QED) is 0.695. The molecule has 4 nitrogen and oxygen atoms in total. The molecule has 4 heteroatoms. The van der Waals surface area contributed by atoms with Gasteiger partial charge in [0.2, 0.25) is 0 Å². The first kappa shape index (κ1) is 19.8. The van der Waals surface area contributed by atoms with Gasteiger partial charge >= 0.3 is 5.97 Å². The van der Waals surface area contributed by atoms with Crippen molar-refractivity contribution in [1.29, 1.82) is 0 Å². The van der Waals surface area contributed by atoms with Crippen LogP contribution in [-0.2, 0) is 9.53 Å². The summed E-state index contributed by atoms with van der Waals surface area (Å²) in [5, 5.41) is 0. The first-order valence-electron chi connectivity index (χ1n) is 11.3. The van der Waals surface area contributed by atoms with Crippen LogP contribution in [0.15, 0.2) is 24.3 Å². The number of para-hydroxylation sites is 1. The lowest BCUT2D eigenvalue weighted by molar-refractivity contribution is -0.142. The summed E-state index contributed by atoms with van der Waals surface area (Å²) >= 11 is 0. The first-order valence-corrected chi connectivity index (χ1v) is 11.3. The maximum atomic E-state index is 12.0. The van der Waals surface area contributed by atoms with Crippen LogP contribution in [0, 0.1) is 5.41 Å². The van der Waals surface area contributed by atoms with Crippen LogP contribution in [0.25, 0.3) is 0 Å². The molecule has 1 saturated carbocycles. The van der Waals surface area contributed by atoms with Crippen LogP contribution < -0.4 is 4.90 Å². The molecule has 2 aliphatic heterocycles. The van der Waals surface area contributed by atoms with Gasteiger partial charge in [0, 0.05) is 43.8 Å². The van der Waals surface area contributed by atoms with Crippen molar-refractivity contribution < 1.29 is 9.53 Å². The number of carbonyl (C=O) groups excluding carboxylic acids is 1. The molecule has 3 aliphatic rings. The lowest BCUT2D eigenvalue weighted by Gasteiger charge is -2.39. The summed E-state index contributed by atoms with van der Waals surface area (Å²) in [6, 6.07) is 8.85. The Morgan fingerprint density at radius 3 is 2.50 bits per heavy atom. The zero-order chi connectivity index (χ0) is 19.6. The van der Waals surface area contributed by atoms with E-state index in [0.717, 1.165) is 39.1 Å². The number of piperazine rings is 1. The van der Waals surface area contributed by atoms with Crippen molar-refractivity contribution in [3.05, 3.63) is 29.8 Å². The standard InChI is InChI=1S/C24H36N2O2/c1-19(2)20-8-4-5-9-21(20)26-16-14-25(15-17-26)13-10-22-24(18-23(27)28-22)11-6-3-7-12-24/h4-5,8-9,19,22H,3,6-7,10-18H2,1-2H3/t22-/m1/s1. The molecule has 1 aromatic rings. The molecule has 4 rings (SSSR count). The third-order valence-corrected chi connectivity index (χ3v) is 7.28. The number of benzene rings is 1. The van der Waals surface area contributed by atoms with E-state index in [-0.39, 0.29) is 17.5 Å². The molecular formula is C24H36N2O2. The molecule has 0 N–H and O–H groups in total. The number of nitrogens with zero attached hydrogens (tertiary/aromatic N) is 2. The summed E-state index contributed by atoms with van der Waals surface area (Å²) in [5.74, 6) is 0.597. The lowest BCUT2D eigenvalue weighted by Crippen LogP contribution is -2.48. The molecule has 0 bridgehead atoms. The van der Waals surface area contributed by atoms with Gasteiger partial charge in [-0.15, -0.1) is 0 Å². The molecule has 0 amide bonds. The van der Waals surface area contributed by atoms with E-state index in [1.54, 1.807) is 0 Å². The number of anilines is 1. The SMILES string of the molecule is CC(C)c1ccccc1N1CCN(CC[C@H]2OC(=O)CC23CCCCC3)CC1. The Hall–Kier alpha value is -1.55. The normalized spacial score (nSPS) is 25.5. The second-order valence-corrected chi connectivity index (χ2v) is 9.41. The Kier molecular flexibility index (Phi) is 5.96. The average Bonchev–Trinajstić information content (AvgIpc) is 3.01. The van der Waals surface area contributed by atoms with Crippen molar-refractivity contribution in [1.82, 2.24) is 4.90 Å². The van der Waals surface area contributed by atoms with Gasteiger partial charge in [-0.05, 0) is 36.8 Å². The second-order valence-electron chi connectivity index (χ2n) is 9.41. The number of esters is 1. The van der Waals surface area contributed by atoms with Gasteiger partial charge in [0.1, 0.15) is 6.10 Å². The molecule has 1 atom stereocenters. The van der Waals surface area contributed by atoms with Gasteiger partial charge in [-0.3, -0.25) is 9.69 Å². The molecule has 154 valence electrons. The molecule has 2 heterocycles. The predicted octanol–water partition coefficient (Wildman–Crippen LogP) is 4.59. The van der Waals surface area contributed by atoms with Crippen LogP contribution in [0.3, 0.4) is 0 Å². The molecule has 1 spiro atoms. The highest BCUT2D eigenvalue weighted by atomic mass is 16.6. The zero-order valence-electron chi connectivity index (χ0n) is 17.7. The van der Waals surface area contributed by atoms with Gasteiger partial charge in [0.15, 0.2) is 0 Å². The molecule has 1 aromatic carbocycles. The number of hydrogen-bond acceptors (Lipinski definition) is 4. The van der Waals surface area contributed by atoms with E-state index in [1.165, 1.54) is 43.4 Å². The molecular weight excluding hydrogens is 348 g/mol. The van der Waals surface area contributed by atoms with E-state index in [9.17, 15) is 4.79 Å². The van der Waals surface area contributed by atoms with Gasteiger partial charge in [-0.1, -0.05) is 51.3 Å². The zero-order valence-corrected chi connectivity index (χ0v) is 17.7. The highest BCUT2D eigenvalue weighted by molar-refractivity contribution is 5.73. The molecule has 0 radical (unpaired) electrons. The van der Waals surface area contributed by atoms with Crippen molar-refractivity contribution >= 4 is 11.7 Å². The van der Waals surface area contributed by atoms with E-state index >= 15 is 0 Å². The summed E-state index contributed by atoms with van der Waals surface area (Å²) in [5.41, 5.74) is 3.02. The Morgan fingerprint density at radius 1 is 1.07 bits per heavy atom. The maximum absolute atomic E-state index is 12.0. The van der Waals surface area contributed by atoms with Gasteiger partial charge < -0.3 is 9.64 Å². The lowest BCUT2D eigenvalue weighted by atomic mass is 9.68. The molecule has 1 aliphatic carbocycles. The largest absolute Gasteiger partial charge is 0.462 e. The minimum absolute atomic E-state index is 0.0435. The van der Waals surface area contributed by atoms with Crippen LogP contribution in [0.5, 0.6) is 0 Å². The number of cyclic esters (lactones) is 1. The second kappa shape index (κ2) is 8.44. The average molecular weight is 385 g/mol. The van der Waals surface area contributed by atoms with Crippen molar-refractivity contribution in [3.63, 3.8) is 0 Å². The molecule has 0 aromatic heterocycles. The monoisotopic (exact) mass is 384 g/mol. The number of carbonyl (C=O) groups is 1. The minimum Gasteiger partial charge on any atom is -0.462 e. The Labute approximate surface area is 170 Å². The summed E-state index contributed by atoms with van der Waals surface area (Å²) < 4.78 is 5.80. The predicted molar refractivity (Wildman–Crippen MR) is 114 cm³/mol. The van der Waals surface area contributed by atoms with E-state index < -0.39 is 0 Å². The molecule has 3 fully saturated rings. The van der Waals surface area contributed by atoms with Gasteiger partial charge in [-0.25, -0.2) is 0 Å². The fourth-order valence-corrected chi connectivity index (χ4v) is 5.62. The van der Waals surface area contributed by atoms with Crippen molar-refractivity contribution in [2.45, 2.75) is 70.8 Å². The summed E-state index contributed by atoms with van der Waals surface area (Å²) in [4.78, 5) is 17.1. The smallest absolute Gasteiger partial charge is 0.306 e. The Balaban J connectivity index is 1.31. The number of hydrogen-bond donors (Lipinski definition) is 0. The fraction of sp³-hybridized carbons (Fsp3) is 0.708. The summed E-state index contributed by atoms with van der Waals surface area (Å²) in [7, 11) is 0. The van der Waals surface area contributed by atoms with Crippen molar-refractivity contribution in [2.24, 2.45) is 5.41 Å². The van der Waals surface area contributed by atoms with Gasteiger partial charge in [0.25, 0.3) is 0 Å². The van der Waals surface area contributed by atoms with Crippen LogP contribution in [-0.4, -0.2) is 49.7 Å². The van der Waals surface area contributed by atoms with E-state index in [1.807, 2.05) is 0 Å². The Morgan fingerprint density at radius 2 is 1.79 bits per heavy atom. The van der Waals surface area contributed by atoms with Crippen LogP contribution in [0.1, 0.15) is 70.3 Å². The van der Waals surface area contributed by atoms with Crippen molar-refractivity contribution in [3.8, 4) is 0 Å². The fourth-order valence-electron chi connectivity index (χ4n) is 5.62. The van der Waals surface area contributed by atoms with Crippen LogP contribution >= 0.6 is 0 Å². The number of rotatable bonds is 5.